The zero-order valence-electron chi connectivity index (χ0n) is 13.4. The van der Waals surface area contributed by atoms with Gasteiger partial charge in [0.2, 0.25) is 5.91 Å². The minimum atomic E-state index is -0.358. The molecule has 1 aliphatic heterocycles. The summed E-state index contributed by atoms with van der Waals surface area (Å²) in [5.41, 5.74) is 4.30. The van der Waals surface area contributed by atoms with Crippen molar-refractivity contribution in [3.8, 4) is 0 Å². The molecule has 0 radical (unpaired) electrons. The van der Waals surface area contributed by atoms with Crippen molar-refractivity contribution in [3.63, 3.8) is 0 Å². The van der Waals surface area contributed by atoms with Gasteiger partial charge in [-0.2, -0.15) is 0 Å². The Hall–Kier alpha value is -2.88. The van der Waals surface area contributed by atoms with Gasteiger partial charge < -0.3 is 10.3 Å². The van der Waals surface area contributed by atoms with Gasteiger partial charge in [-0.15, -0.1) is 0 Å². The van der Waals surface area contributed by atoms with E-state index in [-0.39, 0.29) is 24.0 Å². The van der Waals surface area contributed by atoms with Crippen molar-refractivity contribution < 1.29 is 9.59 Å². The number of benzene rings is 2. The van der Waals surface area contributed by atoms with E-state index in [1.165, 1.54) is 0 Å². The van der Waals surface area contributed by atoms with Crippen LogP contribution in [0.1, 0.15) is 27.9 Å². The fourth-order valence-corrected chi connectivity index (χ4v) is 3.53. The summed E-state index contributed by atoms with van der Waals surface area (Å²) in [7, 11) is 0. The highest BCUT2D eigenvalue weighted by Crippen LogP contribution is 2.30. The van der Waals surface area contributed by atoms with Crippen molar-refractivity contribution in [2.24, 2.45) is 5.92 Å². The van der Waals surface area contributed by atoms with Crippen LogP contribution in [0.4, 0.5) is 5.69 Å². The molecule has 0 spiro atoms. The fraction of sp³-hybridized carbons (Fsp3) is 0.200. The number of hydrogen-bond donors (Lipinski definition) is 2. The average molecular weight is 318 g/mol. The first kappa shape index (κ1) is 14.7. The number of Topliss-reactive ketones (excluding diaryl/α,β-unsaturated/α-hetero) is 1. The lowest BCUT2D eigenvalue weighted by Crippen LogP contribution is -2.23. The number of para-hydroxylation sites is 1. The van der Waals surface area contributed by atoms with E-state index in [4.69, 9.17) is 0 Å². The molecule has 0 saturated heterocycles. The Balaban J connectivity index is 1.67. The predicted octanol–water partition coefficient (Wildman–Crippen LogP) is 3.86. The Morgan fingerprint density at radius 1 is 1.08 bits per heavy atom. The molecule has 0 unspecified atom stereocenters. The highest BCUT2D eigenvalue weighted by molar-refractivity contribution is 6.10. The van der Waals surface area contributed by atoms with Crippen molar-refractivity contribution in [2.45, 2.75) is 19.8 Å². The summed E-state index contributed by atoms with van der Waals surface area (Å²) < 4.78 is 0. The Morgan fingerprint density at radius 3 is 2.79 bits per heavy atom. The number of rotatable bonds is 2. The first-order chi connectivity index (χ1) is 11.6. The summed E-state index contributed by atoms with van der Waals surface area (Å²) in [6, 6.07) is 13.6. The highest BCUT2D eigenvalue weighted by Gasteiger charge is 2.30. The number of nitrogens with one attached hydrogen (secondary N) is 2. The van der Waals surface area contributed by atoms with Crippen LogP contribution in [0, 0.1) is 12.8 Å². The first-order valence-electron chi connectivity index (χ1n) is 8.12. The van der Waals surface area contributed by atoms with Gasteiger partial charge in [0.1, 0.15) is 0 Å². The van der Waals surface area contributed by atoms with Crippen LogP contribution in [0.2, 0.25) is 0 Å². The molecule has 3 aromatic rings. The zero-order chi connectivity index (χ0) is 16.7. The summed E-state index contributed by atoms with van der Waals surface area (Å²) in [4.78, 5) is 28.5. The van der Waals surface area contributed by atoms with Crippen LogP contribution < -0.4 is 5.32 Å². The second-order valence-corrected chi connectivity index (χ2v) is 6.37. The summed E-state index contributed by atoms with van der Waals surface area (Å²) in [6.45, 7) is 1.91. The summed E-state index contributed by atoms with van der Waals surface area (Å²) >= 11 is 0. The van der Waals surface area contributed by atoms with Gasteiger partial charge >= 0.3 is 0 Å². The van der Waals surface area contributed by atoms with Gasteiger partial charge in [0.05, 0.1) is 5.69 Å². The first-order valence-corrected chi connectivity index (χ1v) is 8.12. The second kappa shape index (κ2) is 5.64. The summed E-state index contributed by atoms with van der Waals surface area (Å²) in [6.07, 6.45) is 2.73. The maximum atomic E-state index is 12.7. The van der Waals surface area contributed by atoms with E-state index in [9.17, 15) is 9.59 Å². The van der Waals surface area contributed by atoms with E-state index in [2.05, 4.69) is 10.3 Å². The molecule has 2 aromatic carbocycles. The number of aryl methyl sites for hydroxylation is 1. The van der Waals surface area contributed by atoms with Crippen LogP contribution in [0.15, 0.2) is 48.7 Å². The van der Waals surface area contributed by atoms with Gasteiger partial charge in [-0.1, -0.05) is 30.3 Å². The van der Waals surface area contributed by atoms with E-state index < -0.39 is 0 Å². The lowest BCUT2D eigenvalue weighted by atomic mass is 9.91. The molecule has 0 aliphatic carbocycles. The summed E-state index contributed by atoms with van der Waals surface area (Å²) in [5.74, 6) is -0.409. The minimum Gasteiger partial charge on any atom is -0.361 e. The van der Waals surface area contributed by atoms with Gasteiger partial charge in [0.15, 0.2) is 5.78 Å². The van der Waals surface area contributed by atoms with E-state index in [1.807, 2.05) is 49.5 Å². The topological polar surface area (TPSA) is 62.0 Å². The Kier molecular flexibility index (Phi) is 3.45. The van der Waals surface area contributed by atoms with E-state index in [0.29, 0.717) is 17.7 Å². The number of aromatic nitrogens is 1. The molecule has 0 bridgehead atoms. The second-order valence-electron chi connectivity index (χ2n) is 6.37. The number of fused-ring (bicyclic) bond motifs is 2. The fourth-order valence-electron chi connectivity index (χ4n) is 3.53. The molecule has 2 N–H and O–H groups in total. The molecule has 1 amide bonds. The van der Waals surface area contributed by atoms with Crippen LogP contribution in [0.5, 0.6) is 0 Å². The molecule has 4 rings (SSSR count). The largest absolute Gasteiger partial charge is 0.361 e. The van der Waals surface area contributed by atoms with Crippen molar-refractivity contribution in [1.29, 1.82) is 0 Å². The lowest BCUT2D eigenvalue weighted by molar-refractivity contribution is -0.119. The molecule has 4 nitrogen and oxygen atoms in total. The van der Waals surface area contributed by atoms with Crippen molar-refractivity contribution in [1.82, 2.24) is 4.98 Å². The smallest absolute Gasteiger partial charge is 0.228 e. The van der Waals surface area contributed by atoms with Crippen molar-refractivity contribution >= 4 is 28.3 Å². The Bertz CT molecular complexity index is 955. The van der Waals surface area contributed by atoms with Crippen LogP contribution >= 0.6 is 0 Å². The van der Waals surface area contributed by atoms with E-state index in [0.717, 1.165) is 22.0 Å². The van der Waals surface area contributed by atoms with Crippen LogP contribution in [0.25, 0.3) is 10.9 Å². The molecule has 2 heterocycles. The number of anilines is 1. The number of amides is 1. The standard InChI is InChI=1S/C20H18N2O2/c1-12-5-4-8-17-19(12)18(23)10-13(20(24)22-17)9-14-11-21-16-7-3-2-6-15(14)16/h2-8,11,13,21H,9-10H2,1H3,(H,22,24)/t13-/m0/s1. The molecule has 1 atom stereocenters. The van der Waals surface area contributed by atoms with Gasteiger partial charge in [-0.3, -0.25) is 9.59 Å². The normalized spacial score (nSPS) is 17.5. The molecular weight excluding hydrogens is 300 g/mol. The van der Waals surface area contributed by atoms with E-state index in [1.54, 1.807) is 6.07 Å². The minimum absolute atomic E-state index is 0.0336. The molecule has 0 saturated carbocycles. The SMILES string of the molecule is Cc1cccc2c1C(=O)C[C@H](Cc1c[nH]c3ccccc13)C(=O)N2. The number of ketones is 1. The van der Waals surface area contributed by atoms with Crippen LogP contribution in [-0.4, -0.2) is 16.7 Å². The number of H-pyrrole nitrogens is 1. The molecule has 4 heteroatoms. The third-order valence-corrected chi connectivity index (χ3v) is 4.75. The number of carbonyl (C=O) groups is 2. The van der Waals surface area contributed by atoms with Crippen LogP contribution in [0.3, 0.4) is 0 Å². The number of carbonyl (C=O) groups excluding carboxylic acids is 2. The average Bonchev–Trinajstić information content (AvgIpc) is 2.92. The van der Waals surface area contributed by atoms with E-state index >= 15 is 0 Å². The molecule has 1 aliphatic rings. The molecule has 24 heavy (non-hydrogen) atoms. The van der Waals surface area contributed by atoms with Crippen molar-refractivity contribution in [3.05, 3.63) is 65.4 Å². The predicted molar refractivity (Wildman–Crippen MR) is 94.2 cm³/mol. The maximum Gasteiger partial charge on any atom is 0.228 e. The molecule has 120 valence electrons. The van der Waals surface area contributed by atoms with Gasteiger partial charge in [-0.05, 0) is 36.6 Å². The summed E-state index contributed by atoms with van der Waals surface area (Å²) in [5, 5.41) is 4.04. The van der Waals surface area contributed by atoms with Gasteiger partial charge in [0.25, 0.3) is 0 Å². The number of hydrogen-bond acceptors (Lipinski definition) is 2. The van der Waals surface area contributed by atoms with Gasteiger partial charge in [0, 0.05) is 35.0 Å². The Morgan fingerprint density at radius 2 is 1.92 bits per heavy atom. The quantitative estimate of drug-likeness (QED) is 0.753. The number of aromatic amines is 1. The lowest BCUT2D eigenvalue weighted by Gasteiger charge is -2.12. The van der Waals surface area contributed by atoms with Crippen molar-refractivity contribution in [2.75, 3.05) is 5.32 Å². The third-order valence-electron chi connectivity index (χ3n) is 4.75. The third kappa shape index (κ3) is 2.40. The van der Waals surface area contributed by atoms with Gasteiger partial charge in [-0.25, -0.2) is 0 Å². The highest BCUT2D eigenvalue weighted by atomic mass is 16.2. The Labute approximate surface area is 139 Å². The zero-order valence-corrected chi connectivity index (χ0v) is 13.4. The molecule has 1 aromatic heterocycles. The monoisotopic (exact) mass is 318 g/mol. The maximum absolute atomic E-state index is 12.7. The van der Waals surface area contributed by atoms with Crippen LogP contribution in [-0.2, 0) is 11.2 Å². The molecular formula is C20H18N2O2. The molecule has 0 fully saturated rings.